The third-order valence-corrected chi connectivity index (χ3v) is 2.68. The standard InChI is InChI=1S/C11H21N5/c1-4-8(3)7-16(5-2)10-6-9(12)14-11(13)15-10/h6,8H,4-5,7H2,1-3H3,(H4,12,13,14,15). The van der Waals surface area contributed by atoms with Gasteiger partial charge in [0.2, 0.25) is 5.95 Å². The summed E-state index contributed by atoms with van der Waals surface area (Å²) >= 11 is 0. The van der Waals surface area contributed by atoms with Gasteiger partial charge in [0.05, 0.1) is 0 Å². The van der Waals surface area contributed by atoms with Crippen LogP contribution in [0.25, 0.3) is 0 Å². The summed E-state index contributed by atoms with van der Waals surface area (Å²) in [4.78, 5) is 10.2. The van der Waals surface area contributed by atoms with Gasteiger partial charge in [-0.2, -0.15) is 9.97 Å². The van der Waals surface area contributed by atoms with Crippen LogP contribution in [0.2, 0.25) is 0 Å². The topological polar surface area (TPSA) is 81.1 Å². The van der Waals surface area contributed by atoms with Gasteiger partial charge >= 0.3 is 0 Å². The molecule has 5 heteroatoms. The van der Waals surface area contributed by atoms with Crippen molar-refractivity contribution >= 4 is 17.6 Å². The van der Waals surface area contributed by atoms with Crippen LogP contribution < -0.4 is 16.4 Å². The maximum atomic E-state index is 5.66. The van der Waals surface area contributed by atoms with Crippen molar-refractivity contribution in [2.75, 3.05) is 29.5 Å². The third-order valence-electron chi connectivity index (χ3n) is 2.68. The number of aromatic nitrogens is 2. The molecule has 0 amide bonds. The van der Waals surface area contributed by atoms with Crippen LogP contribution in [0.5, 0.6) is 0 Å². The first-order valence-electron chi connectivity index (χ1n) is 5.71. The highest BCUT2D eigenvalue weighted by Crippen LogP contribution is 2.17. The van der Waals surface area contributed by atoms with Crippen molar-refractivity contribution in [3.05, 3.63) is 6.07 Å². The lowest BCUT2D eigenvalue weighted by Gasteiger charge is -2.25. The van der Waals surface area contributed by atoms with Crippen LogP contribution in [0.15, 0.2) is 6.07 Å². The number of hydrogen-bond donors (Lipinski definition) is 2. The normalized spacial score (nSPS) is 12.4. The molecule has 1 aromatic heterocycles. The van der Waals surface area contributed by atoms with Gasteiger partial charge < -0.3 is 16.4 Å². The molecule has 1 unspecified atom stereocenters. The molecule has 0 aliphatic heterocycles. The van der Waals surface area contributed by atoms with E-state index in [2.05, 4.69) is 35.6 Å². The smallest absolute Gasteiger partial charge is 0.223 e. The van der Waals surface area contributed by atoms with Gasteiger partial charge in [-0.05, 0) is 12.8 Å². The van der Waals surface area contributed by atoms with E-state index in [9.17, 15) is 0 Å². The first kappa shape index (κ1) is 12.5. The molecular weight excluding hydrogens is 202 g/mol. The van der Waals surface area contributed by atoms with Crippen molar-refractivity contribution in [1.29, 1.82) is 0 Å². The first-order chi connectivity index (χ1) is 7.56. The summed E-state index contributed by atoms with van der Waals surface area (Å²) in [6.07, 6.45) is 1.15. The van der Waals surface area contributed by atoms with Gasteiger partial charge in [0.1, 0.15) is 11.6 Å². The molecule has 1 rings (SSSR count). The van der Waals surface area contributed by atoms with E-state index in [1.54, 1.807) is 6.07 Å². The average Bonchev–Trinajstić information content (AvgIpc) is 2.24. The Bertz CT molecular complexity index is 319. The number of nitrogens with zero attached hydrogens (tertiary/aromatic N) is 3. The van der Waals surface area contributed by atoms with Crippen LogP contribution in [0.4, 0.5) is 17.6 Å². The van der Waals surface area contributed by atoms with Crippen molar-refractivity contribution in [2.24, 2.45) is 5.92 Å². The van der Waals surface area contributed by atoms with E-state index >= 15 is 0 Å². The third kappa shape index (κ3) is 3.25. The molecule has 4 N–H and O–H groups in total. The summed E-state index contributed by atoms with van der Waals surface area (Å²) in [5, 5.41) is 0. The molecule has 0 radical (unpaired) electrons. The quantitative estimate of drug-likeness (QED) is 0.791. The highest BCUT2D eigenvalue weighted by molar-refractivity contribution is 5.50. The summed E-state index contributed by atoms with van der Waals surface area (Å²) in [5.74, 6) is 2.09. The molecular formula is C11H21N5. The molecule has 0 saturated heterocycles. The summed E-state index contributed by atoms with van der Waals surface area (Å²) < 4.78 is 0. The van der Waals surface area contributed by atoms with Crippen LogP contribution in [-0.4, -0.2) is 23.1 Å². The van der Waals surface area contributed by atoms with Gasteiger partial charge in [0.15, 0.2) is 0 Å². The van der Waals surface area contributed by atoms with E-state index in [4.69, 9.17) is 11.5 Å². The first-order valence-corrected chi connectivity index (χ1v) is 5.71. The predicted octanol–water partition coefficient (Wildman–Crippen LogP) is 1.51. The van der Waals surface area contributed by atoms with Gasteiger partial charge in [-0.25, -0.2) is 0 Å². The largest absolute Gasteiger partial charge is 0.383 e. The number of anilines is 3. The van der Waals surface area contributed by atoms with E-state index in [0.29, 0.717) is 11.7 Å². The molecule has 0 fully saturated rings. The molecule has 1 heterocycles. The van der Waals surface area contributed by atoms with Crippen LogP contribution in [0.1, 0.15) is 27.2 Å². The van der Waals surface area contributed by atoms with Crippen LogP contribution in [-0.2, 0) is 0 Å². The zero-order valence-electron chi connectivity index (χ0n) is 10.3. The van der Waals surface area contributed by atoms with E-state index in [0.717, 1.165) is 25.3 Å². The van der Waals surface area contributed by atoms with Crippen molar-refractivity contribution < 1.29 is 0 Å². The molecule has 0 spiro atoms. The van der Waals surface area contributed by atoms with Crippen molar-refractivity contribution in [3.8, 4) is 0 Å². The van der Waals surface area contributed by atoms with Crippen LogP contribution in [0, 0.1) is 5.92 Å². The molecule has 16 heavy (non-hydrogen) atoms. The maximum Gasteiger partial charge on any atom is 0.223 e. The average molecular weight is 223 g/mol. The zero-order valence-corrected chi connectivity index (χ0v) is 10.3. The highest BCUT2D eigenvalue weighted by Gasteiger charge is 2.11. The lowest BCUT2D eigenvalue weighted by Crippen LogP contribution is -2.29. The number of nitrogens with two attached hydrogens (primary N) is 2. The van der Waals surface area contributed by atoms with Crippen molar-refractivity contribution in [3.63, 3.8) is 0 Å². The molecule has 90 valence electrons. The summed E-state index contributed by atoms with van der Waals surface area (Å²) in [5.41, 5.74) is 11.2. The number of hydrogen-bond acceptors (Lipinski definition) is 5. The van der Waals surface area contributed by atoms with Gasteiger partial charge in [0.25, 0.3) is 0 Å². The van der Waals surface area contributed by atoms with E-state index in [-0.39, 0.29) is 5.95 Å². The van der Waals surface area contributed by atoms with E-state index in [1.165, 1.54) is 0 Å². The Morgan fingerprint density at radius 1 is 1.31 bits per heavy atom. The van der Waals surface area contributed by atoms with Gasteiger partial charge in [-0.1, -0.05) is 20.3 Å². The second kappa shape index (κ2) is 5.53. The fraction of sp³-hybridized carbons (Fsp3) is 0.636. The Morgan fingerprint density at radius 2 is 2.00 bits per heavy atom. The Hall–Kier alpha value is -1.52. The van der Waals surface area contributed by atoms with Crippen molar-refractivity contribution in [2.45, 2.75) is 27.2 Å². The number of nitrogen functional groups attached to an aromatic ring is 2. The molecule has 0 bridgehead atoms. The fourth-order valence-corrected chi connectivity index (χ4v) is 1.52. The van der Waals surface area contributed by atoms with Crippen molar-refractivity contribution in [1.82, 2.24) is 9.97 Å². The molecule has 0 aliphatic rings. The summed E-state index contributed by atoms with van der Waals surface area (Å²) in [6.45, 7) is 8.35. The van der Waals surface area contributed by atoms with E-state index in [1.807, 2.05) is 0 Å². The maximum absolute atomic E-state index is 5.66. The molecule has 1 atom stereocenters. The molecule has 1 aromatic rings. The molecule has 5 nitrogen and oxygen atoms in total. The summed E-state index contributed by atoms with van der Waals surface area (Å²) in [7, 11) is 0. The second-order valence-corrected chi connectivity index (χ2v) is 4.06. The molecule has 0 aromatic carbocycles. The monoisotopic (exact) mass is 223 g/mol. The Balaban J connectivity index is 2.86. The minimum absolute atomic E-state index is 0.234. The van der Waals surface area contributed by atoms with Gasteiger partial charge in [-0.3, -0.25) is 0 Å². The Morgan fingerprint density at radius 3 is 2.50 bits per heavy atom. The van der Waals surface area contributed by atoms with Crippen LogP contribution >= 0.6 is 0 Å². The zero-order chi connectivity index (χ0) is 12.1. The Labute approximate surface area is 96.9 Å². The molecule has 0 saturated carbocycles. The number of rotatable bonds is 5. The SMILES string of the molecule is CCC(C)CN(CC)c1cc(N)nc(N)n1. The predicted molar refractivity (Wildman–Crippen MR) is 68.2 cm³/mol. The van der Waals surface area contributed by atoms with Gasteiger partial charge in [-0.15, -0.1) is 0 Å². The van der Waals surface area contributed by atoms with Gasteiger partial charge in [0, 0.05) is 19.2 Å². The second-order valence-electron chi connectivity index (χ2n) is 4.06. The molecule has 0 aliphatic carbocycles. The minimum atomic E-state index is 0.234. The van der Waals surface area contributed by atoms with E-state index < -0.39 is 0 Å². The highest BCUT2D eigenvalue weighted by atomic mass is 15.2. The fourth-order valence-electron chi connectivity index (χ4n) is 1.52. The summed E-state index contributed by atoms with van der Waals surface area (Å²) in [6, 6.07) is 1.77. The lowest BCUT2D eigenvalue weighted by atomic mass is 10.1. The minimum Gasteiger partial charge on any atom is -0.383 e. The Kier molecular flexibility index (Phi) is 4.34. The lowest BCUT2D eigenvalue weighted by molar-refractivity contribution is 0.545. The van der Waals surface area contributed by atoms with Crippen LogP contribution in [0.3, 0.4) is 0 Å².